The zero-order valence-corrected chi connectivity index (χ0v) is 13.7. The van der Waals surface area contributed by atoms with Crippen molar-refractivity contribution in [2.45, 2.75) is 38.3 Å². The molecule has 0 aromatic carbocycles. The van der Waals surface area contributed by atoms with Crippen molar-refractivity contribution in [3.8, 4) is 0 Å². The van der Waals surface area contributed by atoms with Crippen molar-refractivity contribution in [1.29, 1.82) is 0 Å². The van der Waals surface area contributed by atoms with Gasteiger partial charge in [-0.2, -0.15) is 0 Å². The molecular formula is C15H25ClN4O. The molecular weight excluding hydrogens is 288 g/mol. The number of likely N-dealkylation sites (tertiary alicyclic amines) is 1. The fourth-order valence-electron chi connectivity index (χ4n) is 2.84. The van der Waals surface area contributed by atoms with Gasteiger partial charge in [0.05, 0.1) is 0 Å². The van der Waals surface area contributed by atoms with E-state index in [1.54, 1.807) is 6.20 Å². The van der Waals surface area contributed by atoms with Gasteiger partial charge >= 0.3 is 0 Å². The van der Waals surface area contributed by atoms with Crippen LogP contribution >= 0.6 is 11.6 Å². The molecule has 1 fully saturated rings. The highest BCUT2D eigenvalue weighted by atomic mass is 35.5. The average molecular weight is 313 g/mol. The molecule has 0 saturated carbocycles. The van der Waals surface area contributed by atoms with Gasteiger partial charge < -0.3 is 14.4 Å². The number of aryl methyl sites for hydroxylation is 2. The molecule has 1 aromatic rings. The first-order chi connectivity index (χ1) is 10.1. The lowest BCUT2D eigenvalue weighted by Crippen LogP contribution is -2.47. The second kappa shape index (κ2) is 7.80. The summed E-state index contributed by atoms with van der Waals surface area (Å²) in [6.07, 6.45) is 7.18. The minimum atomic E-state index is 0.238. The lowest BCUT2D eigenvalue weighted by Gasteiger charge is -2.36. The maximum atomic E-state index is 12.4. The van der Waals surface area contributed by atoms with Crippen molar-refractivity contribution in [3.05, 3.63) is 18.2 Å². The van der Waals surface area contributed by atoms with Gasteiger partial charge in [0, 0.05) is 56.8 Å². The second-order valence-corrected chi connectivity index (χ2v) is 6.20. The van der Waals surface area contributed by atoms with Crippen molar-refractivity contribution in [2.75, 3.05) is 33.1 Å². The monoisotopic (exact) mass is 312 g/mol. The van der Waals surface area contributed by atoms with Crippen LogP contribution in [0.4, 0.5) is 0 Å². The fraction of sp³-hybridized carbons (Fsp3) is 0.733. The molecule has 118 valence electrons. The highest BCUT2D eigenvalue weighted by Crippen LogP contribution is 2.15. The van der Waals surface area contributed by atoms with Gasteiger partial charge in [-0.05, 0) is 26.9 Å². The third-order valence-corrected chi connectivity index (χ3v) is 4.34. The number of imidazole rings is 1. The molecule has 0 radical (unpaired) electrons. The van der Waals surface area contributed by atoms with Gasteiger partial charge in [-0.3, -0.25) is 4.79 Å². The lowest BCUT2D eigenvalue weighted by molar-refractivity contribution is -0.133. The van der Waals surface area contributed by atoms with E-state index in [9.17, 15) is 4.79 Å². The van der Waals surface area contributed by atoms with E-state index in [0.29, 0.717) is 24.8 Å². The summed E-state index contributed by atoms with van der Waals surface area (Å²) in [5, 5.41) is 0. The van der Waals surface area contributed by atoms with E-state index < -0.39 is 0 Å². The van der Waals surface area contributed by atoms with Crippen LogP contribution in [0, 0.1) is 0 Å². The maximum absolute atomic E-state index is 12.4. The second-order valence-electron chi connectivity index (χ2n) is 5.83. The molecule has 2 heterocycles. The Morgan fingerprint density at radius 1 is 1.52 bits per heavy atom. The summed E-state index contributed by atoms with van der Waals surface area (Å²) in [5.74, 6) is 1.75. The standard InChI is InChI=1S/C15H25ClN4O/c1-18(2)13-4-3-9-20(12-13)15(21)6-5-14-17-8-11-19(14)10-7-16/h8,11,13H,3-7,9-10,12H2,1-2H3/t13-/m0/s1. The number of hydrogen-bond acceptors (Lipinski definition) is 3. The van der Waals surface area contributed by atoms with Gasteiger partial charge in [-0.15, -0.1) is 11.6 Å². The van der Waals surface area contributed by atoms with Crippen LogP contribution in [0.15, 0.2) is 12.4 Å². The third-order valence-electron chi connectivity index (χ3n) is 4.17. The van der Waals surface area contributed by atoms with Crippen LogP contribution in [-0.2, 0) is 17.8 Å². The zero-order chi connectivity index (χ0) is 15.2. The number of amides is 1. The molecule has 1 aliphatic heterocycles. The Labute approximate surface area is 131 Å². The minimum absolute atomic E-state index is 0.238. The summed E-state index contributed by atoms with van der Waals surface area (Å²) in [6, 6.07) is 0.487. The Hall–Kier alpha value is -1.07. The van der Waals surface area contributed by atoms with Gasteiger partial charge in [0.25, 0.3) is 0 Å². The summed E-state index contributed by atoms with van der Waals surface area (Å²) >= 11 is 5.77. The molecule has 1 aromatic heterocycles. The van der Waals surface area contributed by atoms with Crippen LogP contribution in [0.25, 0.3) is 0 Å². The number of aromatic nitrogens is 2. The smallest absolute Gasteiger partial charge is 0.223 e. The van der Waals surface area contributed by atoms with Crippen molar-refractivity contribution in [2.24, 2.45) is 0 Å². The Morgan fingerprint density at radius 2 is 2.33 bits per heavy atom. The first-order valence-electron chi connectivity index (χ1n) is 7.62. The van der Waals surface area contributed by atoms with Gasteiger partial charge in [-0.1, -0.05) is 0 Å². The number of halogens is 1. The molecule has 2 rings (SSSR count). The molecule has 0 N–H and O–H groups in total. The Morgan fingerprint density at radius 3 is 3.05 bits per heavy atom. The van der Waals surface area contributed by atoms with Gasteiger partial charge in [0.1, 0.15) is 5.82 Å². The third kappa shape index (κ3) is 4.45. The Bertz CT molecular complexity index is 460. The van der Waals surface area contributed by atoms with Crippen LogP contribution in [-0.4, -0.2) is 64.4 Å². The molecule has 5 nitrogen and oxygen atoms in total. The van der Waals surface area contributed by atoms with Crippen LogP contribution in [0.3, 0.4) is 0 Å². The van der Waals surface area contributed by atoms with Crippen molar-refractivity contribution in [3.63, 3.8) is 0 Å². The average Bonchev–Trinajstić information content (AvgIpc) is 2.92. The van der Waals surface area contributed by atoms with E-state index in [-0.39, 0.29) is 5.91 Å². The van der Waals surface area contributed by atoms with Crippen LogP contribution in [0.5, 0.6) is 0 Å². The largest absolute Gasteiger partial charge is 0.341 e. The highest BCUT2D eigenvalue weighted by Gasteiger charge is 2.24. The first kappa shape index (κ1) is 16.3. The van der Waals surface area contributed by atoms with Crippen LogP contribution < -0.4 is 0 Å². The SMILES string of the molecule is CN(C)[C@H]1CCCN(C(=O)CCc2nccn2CCCl)C1. The number of piperidine rings is 1. The van der Waals surface area contributed by atoms with E-state index in [1.807, 2.05) is 15.7 Å². The molecule has 1 amide bonds. The predicted octanol–water partition coefficient (Wildman–Crippen LogP) is 1.61. The van der Waals surface area contributed by atoms with E-state index in [1.165, 1.54) is 6.42 Å². The molecule has 6 heteroatoms. The maximum Gasteiger partial charge on any atom is 0.223 e. The summed E-state index contributed by atoms with van der Waals surface area (Å²) in [7, 11) is 4.17. The number of likely N-dealkylation sites (N-methyl/N-ethyl adjacent to an activating group) is 1. The van der Waals surface area contributed by atoms with E-state index in [0.717, 1.165) is 31.9 Å². The molecule has 21 heavy (non-hydrogen) atoms. The van der Waals surface area contributed by atoms with Gasteiger partial charge in [-0.25, -0.2) is 4.98 Å². The number of alkyl halides is 1. The van der Waals surface area contributed by atoms with E-state index >= 15 is 0 Å². The molecule has 0 unspecified atom stereocenters. The molecule has 1 aliphatic rings. The Kier molecular flexibility index (Phi) is 6.06. The molecule has 0 spiro atoms. The summed E-state index contributed by atoms with van der Waals surface area (Å²) in [4.78, 5) is 20.9. The molecule has 0 aliphatic carbocycles. The minimum Gasteiger partial charge on any atom is -0.341 e. The van der Waals surface area contributed by atoms with Crippen molar-refractivity contribution >= 4 is 17.5 Å². The van der Waals surface area contributed by atoms with Crippen molar-refractivity contribution < 1.29 is 4.79 Å². The fourth-order valence-corrected chi connectivity index (χ4v) is 3.02. The number of carbonyl (C=O) groups excluding carboxylic acids is 1. The summed E-state index contributed by atoms with van der Waals surface area (Å²) < 4.78 is 2.03. The van der Waals surface area contributed by atoms with Crippen LogP contribution in [0.2, 0.25) is 0 Å². The quantitative estimate of drug-likeness (QED) is 0.749. The normalized spacial score (nSPS) is 19.2. The topological polar surface area (TPSA) is 41.4 Å². The molecule has 0 bridgehead atoms. The first-order valence-corrected chi connectivity index (χ1v) is 8.15. The Balaban J connectivity index is 1.85. The van der Waals surface area contributed by atoms with E-state index in [4.69, 9.17) is 11.6 Å². The van der Waals surface area contributed by atoms with Crippen molar-refractivity contribution in [1.82, 2.24) is 19.4 Å². The van der Waals surface area contributed by atoms with Gasteiger partial charge in [0.2, 0.25) is 5.91 Å². The van der Waals surface area contributed by atoms with Gasteiger partial charge in [0.15, 0.2) is 0 Å². The van der Waals surface area contributed by atoms with Crippen LogP contribution in [0.1, 0.15) is 25.1 Å². The highest BCUT2D eigenvalue weighted by molar-refractivity contribution is 6.17. The number of rotatable bonds is 6. The summed E-state index contributed by atoms with van der Waals surface area (Å²) in [5.41, 5.74) is 0. The molecule has 1 saturated heterocycles. The van der Waals surface area contributed by atoms with E-state index in [2.05, 4.69) is 24.0 Å². The lowest BCUT2D eigenvalue weighted by atomic mass is 10.0. The predicted molar refractivity (Wildman–Crippen MR) is 84.6 cm³/mol. The zero-order valence-electron chi connectivity index (χ0n) is 13.0. The number of carbonyl (C=O) groups is 1. The number of hydrogen-bond donors (Lipinski definition) is 0. The molecule has 1 atom stereocenters. The number of nitrogens with zero attached hydrogens (tertiary/aromatic N) is 4. The summed E-state index contributed by atoms with van der Waals surface area (Å²) in [6.45, 7) is 2.48.